The van der Waals surface area contributed by atoms with Crippen molar-refractivity contribution in [2.45, 2.75) is 31.7 Å². The van der Waals surface area contributed by atoms with Gasteiger partial charge in [-0.05, 0) is 17.9 Å². The van der Waals surface area contributed by atoms with Crippen molar-refractivity contribution in [3.63, 3.8) is 0 Å². The van der Waals surface area contributed by atoms with E-state index >= 15 is 0 Å². The lowest BCUT2D eigenvalue weighted by Crippen LogP contribution is -2.33. The van der Waals surface area contributed by atoms with Gasteiger partial charge in [-0.1, -0.05) is 37.3 Å². The number of hydrogen-bond acceptors (Lipinski definition) is 4. The van der Waals surface area contributed by atoms with Crippen molar-refractivity contribution in [1.82, 2.24) is 0 Å². The summed E-state index contributed by atoms with van der Waals surface area (Å²) in [6.45, 7) is 1.84. The molecule has 108 valence electrons. The lowest BCUT2D eigenvalue weighted by molar-refractivity contribution is -0.0597. The maximum Gasteiger partial charge on any atom is 0.106 e. The first-order valence-corrected chi connectivity index (χ1v) is 6.53. The van der Waals surface area contributed by atoms with E-state index in [1.807, 2.05) is 37.3 Å². The molecule has 0 aliphatic carbocycles. The normalized spacial score (nSPS) is 17.7. The quantitative estimate of drug-likeness (QED) is 0.754. The molecule has 4 heteroatoms. The molecule has 0 bridgehead atoms. The van der Waals surface area contributed by atoms with Gasteiger partial charge in [-0.15, -0.1) is 0 Å². The van der Waals surface area contributed by atoms with E-state index in [9.17, 15) is 5.11 Å². The Morgan fingerprint density at radius 1 is 1.11 bits per heavy atom. The Labute approximate surface area is 115 Å². The van der Waals surface area contributed by atoms with Crippen molar-refractivity contribution in [3.05, 3.63) is 35.9 Å². The summed E-state index contributed by atoms with van der Waals surface area (Å²) in [5, 5.41) is 19.1. The Hall–Kier alpha value is -0.940. The van der Waals surface area contributed by atoms with Gasteiger partial charge in [-0.2, -0.15) is 0 Å². The van der Waals surface area contributed by atoms with E-state index in [1.54, 1.807) is 7.11 Å². The third-order valence-corrected chi connectivity index (χ3v) is 3.42. The molecule has 0 aromatic heterocycles. The molecule has 0 saturated carbocycles. The van der Waals surface area contributed by atoms with Gasteiger partial charge in [0.25, 0.3) is 0 Å². The molecule has 0 amide bonds. The average molecular weight is 268 g/mol. The fourth-order valence-electron chi connectivity index (χ4n) is 2.35. The van der Waals surface area contributed by atoms with Gasteiger partial charge in [0.2, 0.25) is 0 Å². The van der Waals surface area contributed by atoms with E-state index in [4.69, 9.17) is 14.6 Å². The van der Waals surface area contributed by atoms with Gasteiger partial charge in [0.05, 0.1) is 18.8 Å². The minimum absolute atomic E-state index is 0.0768. The van der Waals surface area contributed by atoms with Crippen LogP contribution in [0.4, 0.5) is 0 Å². The second-order valence-electron chi connectivity index (χ2n) is 4.80. The molecule has 0 unspecified atom stereocenters. The summed E-state index contributed by atoms with van der Waals surface area (Å²) >= 11 is 0. The molecule has 0 heterocycles. The number of rotatable bonds is 8. The predicted octanol–water partition coefficient (Wildman–Crippen LogP) is 1.77. The Kier molecular flexibility index (Phi) is 7.02. The molecule has 1 aromatic rings. The van der Waals surface area contributed by atoms with Gasteiger partial charge < -0.3 is 19.7 Å². The van der Waals surface area contributed by atoms with Gasteiger partial charge in [0.1, 0.15) is 6.10 Å². The topological polar surface area (TPSA) is 58.9 Å². The summed E-state index contributed by atoms with van der Waals surface area (Å²) in [4.78, 5) is 0. The molecule has 4 nitrogen and oxygen atoms in total. The molecule has 0 spiro atoms. The third-order valence-electron chi connectivity index (χ3n) is 3.42. The van der Waals surface area contributed by atoms with Gasteiger partial charge in [-0.25, -0.2) is 0 Å². The Balaban J connectivity index is 2.67. The highest BCUT2D eigenvalue weighted by molar-refractivity contribution is 5.18. The number of aliphatic hydroxyl groups excluding tert-OH is 2. The van der Waals surface area contributed by atoms with E-state index in [0.717, 1.165) is 5.56 Å². The van der Waals surface area contributed by atoms with Crippen LogP contribution < -0.4 is 0 Å². The van der Waals surface area contributed by atoms with Crippen LogP contribution in [-0.4, -0.2) is 43.2 Å². The minimum Gasteiger partial charge on any atom is -0.394 e. The zero-order valence-electron chi connectivity index (χ0n) is 11.8. The molecule has 2 N–H and O–H groups in total. The fourth-order valence-corrected chi connectivity index (χ4v) is 2.35. The van der Waals surface area contributed by atoms with E-state index in [2.05, 4.69) is 0 Å². The van der Waals surface area contributed by atoms with Crippen molar-refractivity contribution >= 4 is 0 Å². The first-order chi connectivity index (χ1) is 9.13. The van der Waals surface area contributed by atoms with Crippen LogP contribution in [0.15, 0.2) is 30.3 Å². The minimum atomic E-state index is -0.702. The van der Waals surface area contributed by atoms with Crippen LogP contribution in [0.1, 0.15) is 25.0 Å². The van der Waals surface area contributed by atoms with Gasteiger partial charge in [-0.3, -0.25) is 0 Å². The summed E-state index contributed by atoms with van der Waals surface area (Å²) in [6, 6.07) is 9.92. The van der Waals surface area contributed by atoms with Crippen LogP contribution in [0.3, 0.4) is 0 Å². The molecule has 1 aromatic carbocycles. The van der Waals surface area contributed by atoms with E-state index in [1.165, 1.54) is 7.11 Å². The van der Waals surface area contributed by atoms with Crippen molar-refractivity contribution in [2.75, 3.05) is 20.8 Å². The summed E-state index contributed by atoms with van der Waals surface area (Å²) in [5.41, 5.74) is 1.09. The van der Waals surface area contributed by atoms with Gasteiger partial charge in [0.15, 0.2) is 0 Å². The van der Waals surface area contributed by atoms with Crippen LogP contribution in [-0.2, 0) is 9.47 Å². The molecular weight excluding hydrogens is 244 g/mol. The van der Waals surface area contributed by atoms with Crippen LogP contribution in [0, 0.1) is 5.92 Å². The second-order valence-corrected chi connectivity index (χ2v) is 4.80. The van der Waals surface area contributed by atoms with Crippen molar-refractivity contribution in [1.29, 1.82) is 0 Å². The molecule has 0 fully saturated rings. The third kappa shape index (κ3) is 4.58. The fraction of sp³-hybridized carbons (Fsp3) is 0.600. The van der Waals surface area contributed by atoms with Crippen molar-refractivity contribution in [2.24, 2.45) is 5.92 Å². The average Bonchev–Trinajstić information content (AvgIpc) is 2.42. The molecular formula is C15H24O4. The lowest BCUT2D eigenvalue weighted by atomic mass is 9.91. The summed E-state index contributed by atoms with van der Waals surface area (Å²) < 4.78 is 10.6. The van der Waals surface area contributed by atoms with Crippen LogP contribution in [0.25, 0.3) is 0 Å². The SMILES string of the molecule is CO[C@H](CO)[C@@H](O)C[C@H](C)[C@@H](OC)c1ccccc1. The zero-order chi connectivity index (χ0) is 14.3. The van der Waals surface area contributed by atoms with Crippen molar-refractivity contribution in [3.8, 4) is 0 Å². The molecule has 0 radical (unpaired) electrons. The first-order valence-electron chi connectivity index (χ1n) is 6.53. The van der Waals surface area contributed by atoms with E-state index in [-0.39, 0.29) is 18.6 Å². The summed E-state index contributed by atoms with van der Waals surface area (Å²) in [7, 11) is 3.15. The summed E-state index contributed by atoms with van der Waals surface area (Å²) in [5.74, 6) is 0.117. The molecule has 1 rings (SSSR count). The number of aliphatic hydroxyl groups is 2. The Bertz CT molecular complexity index is 337. The molecule has 0 aliphatic heterocycles. The van der Waals surface area contributed by atoms with Crippen LogP contribution in [0.2, 0.25) is 0 Å². The Morgan fingerprint density at radius 3 is 2.21 bits per heavy atom. The maximum atomic E-state index is 10.0. The smallest absolute Gasteiger partial charge is 0.106 e. The molecule has 0 saturated heterocycles. The number of hydrogen-bond donors (Lipinski definition) is 2. The molecule has 19 heavy (non-hydrogen) atoms. The van der Waals surface area contributed by atoms with E-state index < -0.39 is 12.2 Å². The number of benzene rings is 1. The summed E-state index contributed by atoms with van der Waals surface area (Å²) in [6.07, 6.45) is -0.818. The Morgan fingerprint density at radius 2 is 1.74 bits per heavy atom. The standard InChI is InChI=1S/C15H24O4/c1-11(9-13(17)14(10-16)18-2)15(19-3)12-7-5-4-6-8-12/h4-8,11,13-17H,9-10H2,1-3H3/t11-,13-,14+,15+/m0/s1. The maximum absolute atomic E-state index is 10.0. The van der Waals surface area contributed by atoms with Crippen molar-refractivity contribution < 1.29 is 19.7 Å². The predicted molar refractivity (Wildman–Crippen MR) is 73.9 cm³/mol. The highest BCUT2D eigenvalue weighted by Crippen LogP contribution is 2.29. The number of ether oxygens (including phenoxy) is 2. The monoisotopic (exact) mass is 268 g/mol. The first kappa shape index (κ1) is 16.1. The molecule has 4 atom stereocenters. The van der Waals surface area contributed by atoms with Crippen LogP contribution in [0.5, 0.6) is 0 Å². The van der Waals surface area contributed by atoms with Gasteiger partial charge in [0, 0.05) is 14.2 Å². The van der Waals surface area contributed by atoms with Gasteiger partial charge >= 0.3 is 0 Å². The second kappa shape index (κ2) is 8.27. The van der Waals surface area contributed by atoms with Crippen LogP contribution >= 0.6 is 0 Å². The molecule has 0 aliphatic rings. The number of methoxy groups -OCH3 is 2. The zero-order valence-corrected chi connectivity index (χ0v) is 11.8. The van der Waals surface area contributed by atoms with E-state index in [0.29, 0.717) is 6.42 Å². The highest BCUT2D eigenvalue weighted by Gasteiger charge is 2.25. The lowest BCUT2D eigenvalue weighted by Gasteiger charge is -2.27. The highest BCUT2D eigenvalue weighted by atomic mass is 16.5. The largest absolute Gasteiger partial charge is 0.394 e.